The van der Waals surface area contributed by atoms with E-state index in [2.05, 4.69) is 0 Å². The summed E-state index contributed by atoms with van der Waals surface area (Å²) < 4.78 is 24.5. The van der Waals surface area contributed by atoms with Crippen LogP contribution in [-0.2, 0) is 11.2 Å². The number of aliphatic carboxylic acids is 1. The number of benzene rings is 1. The molecule has 0 unspecified atom stereocenters. The highest BCUT2D eigenvalue weighted by Gasteiger charge is 2.19. The Hall–Kier alpha value is -1.78. The molecule has 0 saturated heterocycles. The summed E-state index contributed by atoms with van der Waals surface area (Å²) in [7, 11) is 0. The van der Waals surface area contributed by atoms with Crippen molar-refractivity contribution in [3.8, 4) is 11.5 Å². The van der Waals surface area contributed by atoms with Crippen molar-refractivity contribution < 1.29 is 23.8 Å². The van der Waals surface area contributed by atoms with Gasteiger partial charge in [-0.2, -0.15) is 0 Å². The first-order valence-corrected chi connectivity index (χ1v) is 5.47. The Bertz CT molecular complexity index is 431. The lowest BCUT2D eigenvalue weighted by molar-refractivity contribution is -0.136. The number of carbonyl (C=O) groups is 1. The van der Waals surface area contributed by atoms with Gasteiger partial charge < -0.3 is 14.6 Å². The summed E-state index contributed by atoms with van der Waals surface area (Å²) in [6.07, 6.45) is 0.707. The number of carboxylic acid groups (broad SMARTS) is 1. The highest BCUT2D eigenvalue weighted by atomic mass is 19.1. The standard InChI is InChI=1S/C12H13FO4/c13-9-3-4-10-12(17-7-1-6-16-10)8(9)2-5-11(14)15/h3-4H,1-2,5-7H2,(H,14,15). The van der Waals surface area contributed by atoms with Gasteiger partial charge in [0.15, 0.2) is 11.5 Å². The van der Waals surface area contributed by atoms with E-state index in [1.165, 1.54) is 12.1 Å². The normalized spacial score (nSPS) is 14.2. The Kier molecular flexibility index (Phi) is 3.46. The van der Waals surface area contributed by atoms with Crippen LogP contribution in [0.15, 0.2) is 12.1 Å². The first kappa shape index (κ1) is 11.7. The van der Waals surface area contributed by atoms with Crippen molar-refractivity contribution >= 4 is 5.97 Å². The minimum absolute atomic E-state index is 0.105. The molecule has 5 heteroatoms. The maximum atomic E-state index is 13.6. The van der Waals surface area contributed by atoms with Crippen LogP contribution in [0, 0.1) is 5.82 Å². The summed E-state index contributed by atoms with van der Waals surface area (Å²) >= 11 is 0. The molecule has 0 amide bonds. The van der Waals surface area contributed by atoms with Crippen molar-refractivity contribution in [3.63, 3.8) is 0 Å². The van der Waals surface area contributed by atoms with E-state index in [4.69, 9.17) is 14.6 Å². The molecule has 1 aliphatic heterocycles. The first-order chi connectivity index (χ1) is 8.18. The molecule has 17 heavy (non-hydrogen) atoms. The molecule has 0 radical (unpaired) electrons. The average molecular weight is 240 g/mol. The lowest BCUT2D eigenvalue weighted by atomic mass is 10.1. The molecule has 0 saturated carbocycles. The van der Waals surface area contributed by atoms with E-state index in [1.807, 2.05) is 0 Å². The van der Waals surface area contributed by atoms with Gasteiger partial charge in [-0.3, -0.25) is 4.79 Å². The van der Waals surface area contributed by atoms with E-state index in [0.717, 1.165) is 6.42 Å². The molecule has 92 valence electrons. The van der Waals surface area contributed by atoms with Crippen LogP contribution in [0.2, 0.25) is 0 Å². The van der Waals surface area contributed by atoms with Gasteiger partial charge in [-0.25, -0.2) is 4.39 Å². The SMILES string of the molecule is O=C(O)CCc1c(F)ccc2c1OCCCO2. The second kappa shape index (κ2) is 5.03. The maximum absolute atomic E-state index is 13.6. The molecular formula is C12H13FO4. The van der Waals surface area contributed by atoms with Crippen LogP contribution < -0.4 is 9.47 Å². The van der Waals surface area contributed by atoms with Gasteiger partial charge in [-0.15, -0.1) is 0 Å². The minimum atomic E-state index is -0.962. The summed E-state index contributed by atoms with van der Waals surface area (Å²) in [5.74, 6) is -0.569. The second-order valence-electron chi connectivity index (χ2n) is 3.80. The van der Waals surface area contributed by atoms with E-state index in [1.54, 1.807) is 0 Å². The van der Waals surface area contributed by atoms with Crippen LogP contribution in [0.1, 0.15) is 18.4 Å². The van der Waals surface area contributed by atoms with Crippen molar-refractivity contribution in [2.24, 2.45) is 0 Å². The van der Waals surface area contributed by atoms with E-state index < -0.39 is 11.8 Å². The zero-order valence-corrected chi connectivity index (χ0v) is 9.24. The number of ether oxygens (including phenoxy) is 2. The predicted molar refractivity (Wildman–Crippen MR) is 58.0 cm³/mol. The predicted octanol–water partition coefficient (Wildman–Crippen LogP) is 2.00. The van der Waals surface area contributed by atoms with Gasteiger partial charge in [0.1, 0.15) is 5.82 Å². The van der Waals surface area contributed by atoms with E-state index in [-0.39, 0.29) is 18.4 Å². The molecule has 1 N–H and O–H groups in total. The number of fused-ring (bicyclic) bond motifs is 1. The lowest BCUT2D eigenvalue weighted by Crippen LogP contribution is -2.04. The van der Waals surface area contributed by atoms with Crippen molar-refractivity contribution in [1.82, 2.24) is 0 Å². The molecule has 4 nitrogen and oxygen atoms in total. The Morgan fingerprint density at radius 3 is 2.88 bits per heavy atom. The third kappa shape index (κ3) is 2.67. The molecule has 0 bridgehead atoms. The molecule has 2 rings (SSSR count). The van der Waals surface area contributed by atoms with Gasteiger partial charge in [0.2, 0.25) is 0 Å². The van der Waals surface area contributed by atoms with Crippen LogP contribution in [0.4, 0.5) is 4.39 Å². The van der Waals surface area contributed by atoms with Gasteiger partial charge in [-0.05, 0) is 18.6 Å². The molecular weight excluding hydrogens is 227 g/mol. The lowest BCUT2D eigenvalue weighted by Gasteiger charge is -2.12. The molecule has 1 aliphatic rings. The molecule has 0 fully saturated rings. The van der Waals surface area contributed by atoms with Gasteiger partial charge in [0.25, 0.3) is 0 Å². The number of hydrogen-bond donors (Lipinski definition) is 1. The number of hydrogen-bond acceptors (Lipinski definition) is 3. The summed E-state index contributed by atoms with van der Waals surface area (Å²) in [4.78, 5) is 10.5. The summed E-state index contributed by atoms with van der Waals surface area (Å²) in [5.41, 5.74) is 0.284. The van der Waals surface area contributed by atoms with Gasteiger partial charge in [0, 0.05) is 18.4 Å². The summed E-state index contributed by atoms with van der Waals surface area (Å²) in [5, 5.41) is 8.63. The molecule has 0 atom stereocenters. The van der Waals surface area contributed by atoms with Crippen molar-refractivity contribution in [3.05, 3.63) is 23.5 Å². The molecule has 0 aromatic heterocycles. The summed E-state index contributed by atoms with van der Waals surface area (Å²) in [6, 6.07) is 2.80. The average Bonchev–Trinajstić information content (AvgIpc) is 2.52. The molecule has 0 spiro atoms. The van der Waals surface area contributed by atoms with Crippen LogP contribution >= 0.6 is 0 Å². The van der Waals surface area contributed by atoms with E-state index >= 15 is 0 Å². The number of halogens is 1. The minimum Gasteiger partial charge on any atom is -0.490 e. The maximum Gasteiger partial charge on any atom is 0.303 e. The van der Waals surface area contributed by atoms with E-state index in [9.17, 15) is 9.18 Å². The largest absolute Gasteiger partial charge is 0.490 e. The van der Waals surface area contributed by atoms with Crippen LogP contribution in [0.5, 0.6) is 11.5 Å². The zero-order chi connectivity index (χ0) is 12.3. The van der Waals surface area contributed by atoms with Gasteiger partial charge in [-0.1, -0.05) is 0 Å². The Morgan fingerprint density at radius 1 is 1.35 bits per heavy atom. The summed E-state index contributed by atoms with van der Waals surface area (Å²) in [6.45, 7) is 0.980. The zero-order valence-electron chi connectivity index (χ0n) is 9.24. The van der Waals surface area contributed by atoms with Crippen molar-refractivity contribution in [1.29, 1.82) is 0 Å². The number of rotatable bonds is 3. The molecule has 0 aliphatic carbocycles. The Morgan fingerprint density at radius 2 is 2.12 bits per heavy atom. The second-order valence-corrected chi connectivity index (χ2v) is 3.80. The van der Waals surface area contributed by atoms with Gasteiger partial charge >= 0.3 is 5.97 Å². The fourth-order valence-corrected chi connectivity index (χ4v) is 1.73. The van der Waals surface area contributed by atoms with Crippen LogP contribution in [0.25, 0.3) is 0 Å². The van der Waals surface area contributed by atoms with Crippen molar-refractivity contribution in [2.45, 2.75) is 19.3 Å². The topological polar surface area (TPSA) is 55.8 Å². The smallest absolute Gasteiger partial charge is 0.303 e. The molecule has 1 aromatic rings. The third-order valence-corrected chi connectivity index (χ3v) is 2.55. The monoisotopic (exact) mass is 240 g/mol. The van der Waals surface area contributed by atoms with Crippen LogP contribution in [0.3, 0.4) is 0 Å². The highest BCUT2D eigenvalue weighted by molar-refractivity contribution is 5.67. The first-order valence-electron chi connectivity index (χ1n) is 5.47. The van der Waals surface area contributed by atoms with Crippen LogP contribution in [-0.4, -0.2) is 24.3 Å². The number of carboxylic acids is 1. The quantitative estimate of drug-likeness (QED) is 0.878. The fraction of sp³-hybridized carbons (Fsp3) is 0.417. The van der Waals surface area contributed by atoms with E-state index in [0.29, 0.717) is 24.7 Å². The third-order valence-electron chi connectivity index (χ3n) is 2.55. The van der Waals surface area contributed by atoms with Gasteiger partial charge in [0.05, 0.1) is 13.2 Å². The fourth-order valence-electron chi connectivity index (χ4n) is 1.73. The Balaban J connectivity index is 2.31. The van der Waals surface area contributed by atoms with Crippen molar-refractivity contribution in [2.75, 3.05) is 13.2 Å². The molecule has 1 heterocycles. The Labute approximate surface area is 98.0 Å². The molecule has 1 aromatic carbocycles. The highest BCUT2D eigenvalue weighted by Crippen LogP contribution is 2.35.